The molecule has 1 fully saturated rings. The molecule has 5 rings (SSSR count). The summed E-state index contributed by atoms with van der Waals surface area (Å²) in [5.41, 5.74) is 3.87. The van der Waals surface area contributed by atoms with Crippen molar-refractivity contribution in [1.82, 2.24) is 13.7 Å². The first-order valence-corrected chi connectivity index (χ1v) is 11.4. The highest BCUT2D eigenvalue weighted by atomic mass is 32.2. The van der Waals surface area contributed by atoms with Gasteiger partial charge < -0.3 is 9.30 Å². The van der Waals surface area contributed by atoms with Crippen molar-refractivity contribution in [3.05, 3.63) is 78.5 Å². The Morgan fingerprint density at radius 2 is 1.48 bits per heavy atom. The van der Waals surface area contributed by atoms with Gasteiger partial charge in [-0.1, -0.05) is 42.5 Å². The average Bonchev–Trinajstić information content (AvgIpc) is 3.24. The Labute approximate surface area is 170 Å². The highest BCUT2D eigenvalue weighted by Gasteiger charge is 2.28. The molecule has 3 heterocycles. The van der Waals surface area contributed by atoms with Crippen LogP contribution in [0.25, 0.3) is 16.6 Å². The Morgan fingerprint density at radius 1 is 0.793 bits per heavy atom. The van der Waals surface area contributed by atoms with Gasteiger partial charge in [0.2, 0.25) is 10.0 Å². The summed E-state index contributed by atoms with van der Waals surface area (Å²) in [6.07, 6.45) is 2.05. The van der Waals surface area contributed by atoms with E-state index >= 15 is 0 Å². The number of anilines is 1. The van der Waals surface area contributed by atoms with Crippen molar-refractivity contribution in [2.45, 2.75) is 5.75 Å². The summed E-state index contributed by atoms with van der Waals surface area (Å²) in [7, 11) is -3.33. The lowest BCUT2D eigenvalue weighted by molar-refractivity contribution is 0.383. The molecule has 1 aliphatic heterocycles. The fourth-order valence-corrected chi connectivity index (χ4v) is 5.51. The molecule has 6 nitrogen and oxygen atoms in total. The monoisotopic (exact) mass is 406 g/mol. The maximum Gasteiger partial charge on any atom is 0.218 e. The van der Waals surface area contributed by atoms with Crippen LogP contribution in [0.5, 0.6) is 0 Å². The minimum Gasteiger partial charge on any atom is -0.352 e. The number of hydrogen-bond acceptors (Lipinski definition) is 4. The summed E-state index contributed by atoms with van der Waals surface area (Å²) >= 11 is 0. The number of aromatic nitrogens is 2. The highest BCUT2D eigenvalue weighted by molar-refractivity contribution is 7.88. The van der Waals surface area contributed by atoms with Crippen molar-refractivity contribution in [3.8, 4) is 0 Å². The van der Waals surface area contributed by atoms with Crippen LogP contribution in [0.2, 0.25) is 0 Å². The van der Waals surface area contributed by atoms with Gasteiger partial charge in [0, 0.05) is 32.4 Å². The molecule has 0 N–H and O–H groups in total. The van der Waals surface area contributed by atoms with Crippen LogP contribution < -0.4 is 4.90 Å². The van der Waals surface area contributed by atoms with Crippen LogP contribution in [0.4, 0.5) is 5.82 Å². The zero-order chi connectivity index (χ0) is 19.8. The standard InChI is InChI=1S/C22H22N4O2S/c27-29(28,17-18-7-2-1-3-8-18)25-15-13-24(14-16-25)22-21-11-6-12-26(21)20-10-5-4-9-19(20)23-22/h1-12H,13-17H2. The molecule has 1 aliphatic rings. The van der Waals surface area contributed by atoms with E-state index in [9.17, 15) is 8.42 Å². The summed E-state index contributed by atoms with van der Waals surface area (Å²) < 4.78 is 29.4. The second-order valence-electron chi connectivity index (χ2n) is 7.32. The van der Waals surface area contributed by atoms with Crippen molar-refractivity contribution in [1.29, 1.82) is 0 Å². The van der Waals surface area contributed by atoms with Gasteiger partial charge in [-0.25, -0.2) is 13.4 Å². The molecule has 0 saturated carbocycles. The summed E-state index contributed by atoms with van der Waals surface area (Å²) in [6.45, 7) is 2.19. The Hall–Kier alpha value is -2.90. The molecule has 29 heavy (non-hydrogen) atoms. The molecule has 2 aromatic carbocycles. The van der Waals surface area contributed by atoms with E-state index in [4.69, 9.17) is 4.98 Å². The zero-order valence-corrected chi connectivity index (χ0v) is 16.8. The quantitative estimate of drug-likeness (QED) is 0.522. The molecule has 0 unspecified atom stereocenters. The Kier molecular flexibility index (Phi) is 4.49. The molecule has 4 aromatic rings. The van der Waals surface area contributed by atoms with Crippen LogP contribution in [0, 0.1) is 0 Å². The molecule has 0 aliphatic carbocycles. The minimum atomic E-state index is -3.33. The fourth-order valence-electron chi connectivity index (χ4n) is 3.99. The molecule has 0 bridgehead atoms. The first-order valence-electron chi connectivity index (χ1n) is 9.74. The van der Waals surface area contributed by atoms with Gasteiger partial charge in [0.05, 0.1) is 22.3 Å². The van der Waals surface area contributed by atoms with E-state index in [-0.39, 0.29) is 5.75 Å². The van der Waals surface area contributed by atoms with Crippen LogP contribution in [0.3, 0.4) is 0 Å². The number of sulfonamides is 1. The third-order valence-corrected chi connectivity index (χ3v) is 7.32. The second-order valence-corrected chi connectivity index (χ2v) is 9.28. The molecule has 0 atom stereocenters. The van der Waals surface area contributed by atoms with Gasteiger partial charge in [-0.15, -0.1) is 0 Å². The lowest BCUT2D eigenvalue weighted by atomic mass is 10.2. The van der Waals surface area contributed by atoms with Gasteiger partial charge >= 0.3 is 0 Å². The van der Waals surface area contributed by atoms with Crippen LogP contribution in [0.15, 0.2) is 72.9 Å². The largest absolute Gasteiger partial charge is 0.352 e. The summed E-state index contributed by atoms with van der Waals surface area (Å²) in [6, 6.07) is 21.5. The van der Waals surface area contributed by atoms with E-state index in [0.29, 0.717) is 26.2 Å². The highest BCUT2D eigenvalue weighted by Crippen LogP contribution is 2.26. The summed E-state index contributed by atoms with van der Waals surface area (Å²) in [5, 5.41) is 0. The van der Waals surface area contributed by atoms with E-state index in [1.54, 1.807) is 4.31 Å². The first kappa shape index (κ1) is 18.1. The summed E-state index contributed by atoms with van der Waals surface area (Å²) in [4.78, 5) is 7.08. The summed E-state index contributed by atoms with van der Waals surface area (Å²) in [5.74, 6) is 0.958. The number of piperazine rings is 1. The van der Waals surface area contributed by atoms with Gasteiger partial charge in [0.25, 0.3) is 0 Å². The number of benzene rings is 2. The molecule has 0 amide bonds. The number of hydrogen-bond donors (Lipinski definition) is 0. The molecule has 7 heteroatoms. The van der Waals surface area contributed by atoms with Crippen molar-refractivity contribution in [2.75, 3.05) is 31.1 Å². The van der Waals surface area contributed by atoms with Crippen molar-refractivity contribution in [2.24, 2.45) is 0 Å². The van der Waals surface area contributed by atoms with Crippen molar-refractivity contribution < 1.29 is 8.42 Å². The minimum absolute atomic E-state index is 0.0466. The maximum absolute atomic E-state index is 12.8. The predicted octanol–water partition coefficient (Wildman–Crippen LogP) is 3.14. The van der Waals surface area contributed by atoms with Gasteiger partial charge in [-0.05, 0) is 29.8 Å². The lowest BCUT2D eigenvalue weighted by Crippen LogP contribution is -2.49. The molecule has 0 spiro atoms. The Morgan fingerprint density at radius 3 is 2.28 bits per heavy atom. The number of rotatable bonds is 4. The topological polar surface area (TPSA) is 57.9 Å². The average molecular weight is 407 g/mol. The molecule has 148 valence electrons. The number of para-hydroxylation sites is 2. The van der Waals surface area contributed by atoms with Gasteiger partial charge in [0.15, 0.2) is 5.82 Å². The van der Waals surface area contributed by atoms with E-state index in [0.717, 1.165) is 27.9 Å². The van der Waals surface area contributed by atoms with E-state index in [1.165, 1.54) is 0 Å². The zero-order valence-electron chi connectivity index (χ0n) is 16.0. The lowest BCUT2D eigenvalue weighted by Gasteiger charge is -2.35. The first-order chi connectivity index (χ1) is 14.1. The van der Waals surface area contributed by atoms with Crippen molar-refractivity contribution in [3.63, 3.8) is 0 Å². The van der Waals surface area contributed by atoms with Gasteiger partial charge in [-0.2, -0.15) is 4.31 Å². The third-order valence-electron chi connectivity index (χ3n) is 5.47. The Balaban J connectivity index is 1.38. The molecule has 2 aromatic heterocycles. The Bertz CT molecular complexity index is 1260. The van der Waals surface area contributed by atoms with E-state index in [1.807, 2.05) is 60.8 Å². The second kappa shape index (κ2) is 7.17. The fraction of sp³-hybridized carbons (Fsp3) is 0.227. The smallest absolute Gasteiger partial charge is 0.218 e. The predicted molar refractivity (Wildman–Crippen MR) is 116 cm³/mol. The van der Waals surface area contributed by atoms with Crippen LogP contribution in [-0.2, 0) is 15.8 Å². The van der Waals surface area contributed by atoms with Crippen LogP contribution in [0.1, 0.15) is 5.56 Å². The SMILES string of the molecule is O=S(=O)(Cc1ccccc1)N1CCN(c2nc3ccccc3n3cccc23)CC1. The molecule has 0 radical (unpaired) electrons. The van der Waals surface area contributed by atoms with E-state index in [2.05, 4.69) is 21.4 Å². The molecular weight excluding hydrogens is 384 g/mol. The van der Waals surface area contributed by atoms with E-state index < -0.39 is 10.0 Å². The number of fused-ring (bicyclic) bond motifs is 3. The van der Waals surface area contributed by atoms with Crippen LogP contribution >= 0.6 is 0 Å². The number of nitrogens with zero attached hydrogens (tertiary/aromatic N) is 4. The molecular formula is C22H22N4O2S. The van der Waals surface area contributed by atoms with Gasteiger partial charge in [0.1, 0.15) is 0 Å². The third kappa shape index (κ3) is 3.36. The maximum atomic E-state index is 12.8. The normalized spacial score (nSPS) is 15.9. The molecule has 1 saturated heterocycles. The van der Waals surface area contributed by atoms with Crippen LogP contribution in [-0.4, -0.2) is 48.3 Å². The van der Waals surface area contributed by atoms with Crippen molar-refractivity contribution >= 4 is 32.4 Å². The van der Waals surface area contributed by atoms with Gasteiger partial charge in [-0.3, -0.25) is 0 Å².